The van der Waals surface area contributed by atoms with Crippen LogP contribution in [0.2, 0.25) is 0 Å². The van der Waals surface area contributed by atoms with Gasteiger partial charge in [-0.15, -0.1) is 0 Å². The smallest absolute Gasteiger partial charge is 0.164 e. The van der Waals surface area contributed by atoms with Crippen molar-refractivity contribution in [1.29, 1.82) is 0 Å². The van der Waals surface area contributed by atoms with Crippen LogP contribution in [0.15, 0.2) is 18.2 Å². The van der Waals surface area contributed by atoms with Crippen molar-refractivity contribution in [3.05, 3.63) is 23.8 Å². The van der Waals surface area contributed by atoms with Gasteiger partial charge in [0.2, 0.25) is 0 Å². The zero-order valence-electron chi connectivity index (χ0n) is 8.90. The number of para-hydroxylation sites is 1. The topological polar surface area (TPSA) is 35.5 Å². The molecule has 0 saturated heterocycles. The maximum atomic E-state index is 10.6. The highest BCUT2D eigenvalue weighted by Gasteiger charge is 2.40. The maximum Gasteiger partial charge on any atom is 0.164 e. The molecule has 0 amide bonds. The molecule has 0 aliphatic heterocycles. The van der Waals surface area contributed by atoms with E-state index < -0.39 is 0 Å². The van der Waals surface area contributed by atoms with E-state index in [1.807, 2.05) is 18.2 Å². The van der Waals surface area contributed by atoms with E-state index in [1.165, 1.54) is 0 Å². The first-order chi connectivity index (χ1) is 7.31. The van der Waals surface area contributed by atoms with Crippen molar-refractivity contribution in [3.63, 3.8) is 0 Å². The van der Waals surface area contributed by atoms with E-state index in [0.29, 0.717) is 5.92 Å². The molecule has 3 heteroatoms. The number of ether oxygens (including phenoxy) is 2. The van der Waals surface area contributed by atoms with Gasteiger partial charge in [-0.1, -0.05) is 12.1 Å². The van der Waals surface area contributed by atoms with Gasteiger partial charge < -0.3 is 14.3 Å². The third kappa shape index (κ3) is 1.69. The fourth-order valence-corrected chi connectivity index (χ4v) is 1.93. The van der Waals surface area contributed by atoms with Gasteiger partial charge in [-0.25, -0.2) is 0 Å². The van der Waals surface area contributed by atoms with Crippen LogP contribution in [-0.2, 0) is 4.79 Å². The van der Waals surface area contributed by atoms with Gasteiger partial charge in [0.05, 0.1) is 14.2 Å². The van der Waals surface area contributed by atoms with E-state index in [-0.39, 0.29) is 5.92 Å². The van der Waals surface area contributed by atoms with Crippen molar-refractivity contribution in [2.75, 3.05) is 14.2 Å². The second kappa shape index (κ2) is 3.93. The molecule has 1 aliphatic rings. The van der Waals surface area contributed by atoms with Gasteiger partial charge in [-0.3, -0.25) is 0 Å². The third-order valence-corrected chi connectivity index (χ3v) is 2.85. The predicted octanol–water partition coefficient (Wildman–Crippen LogP) is 2.01. The molecule has 1 aromatic carbocycles. The first-order valence-electron chi connectivity index (χ1n) is 4.98. The molecule has 15 heavy (non-hydrogen) atoms. The molecule has 0 spiro atoms. The fraction of sp³-hybridized carbons (Fsp3) is 0.417. The molecular formula is C12H14O3. The molecule has 0 radical (unpaired) electrons. The second-order valence-corrected chi connectivity index (χ2v) is 3.72. The number of carbonyl (C=O) groups excluding carboxylic acids is 1. The lowest BCUT2D eigenvalue weighted by molar-refractivity contribution is -0.108. The number of carbonyl (C=O) groups is 1. The lowest BCUT2D eigenvalue weighted by atomic mass is 10.1. The van der Waals surface area contributed by atoms with E-state index in [9.17, 15) is 4.79 Å². The summed E-state index contributed by atoms with van der Waals surface area (Å²) in [5.74, 6) is 1.96. The largest absolute Gasteiger partial charge is 0.493 e. The van der Waals surface area contributed by atoms with Crippen molar-refractivity contribution in [3.8, 4) is 11.5 Å². The summed E-state index contributed by atoms with van der Waals surface area (Å²) in [5, 5.41) is 0. The van der Waals surface area contributed by atoms with Gasteiger partial charge in [-0.05, 0) is 18.4 Å². The number of benzene rings is 1. The highest BCUT2D eigenvalue weighted by atomic mass is 16.5. The predicted molar refractivity (Wildman–Crippen MR) is 56.5 cm³/mol. The summed E-state index contributed by atoms with van der Waals surface area (Å²) in [5.41, 5.74) is 1.08. The molecule has 1 aromatic rings. The molecule has 1 saturated carbocycles. The summed E-state index contributed by atoms with van der Waals surface area (Å²) >= 11 is 0. The summed E-state index contributed by atoms with van der Waals surface area (Å²) in [6.45, 7) is 0. The monoisotopic (exact) mass is 206 g/mol. The van der Waals surface area contributed by atoms with Crippen molar-refractivity contribution in [2.24, 2.45) is 5.92 Å². The molecule has 3 nitrogen and oxygen atoms in total. The normalized spacial score (nSPS) is 23.3. The Morgan fingerprint density at radius 1 is 1.33 bits per heavy atom. The Bertz CT molecular complexity index is 373. The zero-order chi connectivity index (χ0) is 10.8. The molecule has 1 fully saturated rings. The zero-order valence-corrected chi connectivity index (χ0v) is 8.90. The van der Waals surface area contributed by atoms with E-state index in [4.69, 9.17) is 9.47 Å². The van der Waals surface area contributed by atoms with Gasteiger partial charge in [0.15, 0.2) is 11.5 Å². The first kappa shape index (κ1) is 10.0. The van der Waals surface area contributed by atoms with Gasteiger partial charge in [0, 0.05) is 11.5 Å². The Balaban J connectivity index is 2.34. The molecular weight excluding hydrogens is 192 g/mol. The van der Waals surface area contributed by atoms with Crippen LogP contribution in [0.25, 0.3) is 0 Å². The average molecular weight is 206 g/mol. The number of methoxy groups -OCH3 is 2. The minimum atomic E-state index is 0.158. The van der Waals surface area contributed by atoms with Gasteiger partial charge >= 0.3 is 0 Å². The van der Waals surface area contributed by atoms with Crippen LogP contribution in [0.3, 0.4) is 0 Å². The van der Waals surface area contributed by atoms with E-state index in [0.717, 1.165) is 29.8 Å². The Morgan fingerprint density at radius 2 is 2.13 bits per heavy atom. The SMILES string of the molecule is COc1cccc([C@@H]2C[C@@H]2C=O)c1OC. The van der Waals surface area contributed by atoms with E-state index >= 15 is 0 Å². The van der Waals surface area contributed by atoms with Gasteiger partial charge in [0.25, 0.3) is 0 Å². The lowest BCUT2D eigenvalue weighted by Gasteiger charge is -2.11. The van der Waals surface area contributed by atoms with Gasteiger partial charge in [-0.2, -0.15) is 0 Å². The van der Waals surface area contributed by atoms with Crippen molar-refractivity contribution in [2.45, 2.75) is 12.3 Å². The van der Waals surface area contributed by atoms with E-state index in [2.05, 4.69) is 0 Å². The van der Waals surface area contributed by atoms with Crippen LogP contribution in [0, 0.1) is 5.92 Å². The van der Waals surface area contributed by atoms with Crippen LogP contribution < -0.4 is 9.47 Å². The summed E-state index contributed by atoms with van der Waals surface area (Å²) < 4.78 is 10.5. The molecule has 80 valence electrons. The highest BCUT2D eigenvalue weighted by molar-refractivity contribution is 5.63. The average Bonchev–Trinajstić information content (AvgIpc) is 3.07. The van der Waals surface area contributed by atoms with Crippen molar-refractivity contribution >= 4 is 6.29 Å². The first-order valence-corrected chi connectivity index (χ1v) is 4.98. The Morgan fingerprint density at radius 3 is 2.67 bits per heavy atom. The quantitative estimate of drug-likeness (QED) is 0.707. The van der Waals surface area contributed by atoms with Crippen LogP contribution >= 0.6 is 0 Å². The van der Waals surface area contributed by atoms with Gasteiger partial charge in [0.1, 0.15) is 6.29 Å². The Labute approximate surface area is 89.0 Å². The summed E-state index contributed by atoms with van der Waals surface area (Å²) in [4.78, 5) is 10.6. The van der Waals surface area contributed by atoms with Crippen LogP contribution in [0.1, 0.15) is 17.9 Å². The molecule has 0 heterocycles. The molecule has 2 rings (SSSR count). The minimum absolute atomic E-state index is 0.158. The number of rotatable bonds is 4. The number of aldehydes is 1. The second-order valence-electron chi connectivity index (χ2n) is 3.72. The van der Waals surface area contributed by atoms with Crippen molar-refractivity contribution in [1.82, 2.24) is 0 Å². The molecule has 0 aromatic heterocycles. The summed E-state index contributed by atoms with van der Waals surface area (Å²) in [6, 6.07) is 5.78. The third-order valence-electron chi connectivity index (χ3n) is 2.85. The van der Waals surface area contributed by atoms with Crippen LogP contribution in [0.4, 0.5) is 0 Å². The summed E-state index contributed by atoms with van der Waals surface area (Å²) in [6.07, 6.45) is 1.94. The van der Waals surface area contributed by atoms with E-state index in [1.54, 1.807) is 14.2 Å². The fourth-order valence-electron chi connectivity index (χ4n) is 1.93. The van der Waals surface area contributed by atoms with Crippen molar-refractivity contribution < 1.29 is 14.3 Å². The molecule has 0 N–H and O–H groups in total. The minimum Gasteiger partial charge on any atom is -0.493 e. The molecule has 0 bridgehead atoms. The summed E-state index contributed by atoms with van der Waals surface area (Å²) in [7, 11) is 3.24. The van der Waals surface area contributed by atoms with Crippen LogP contribution in [-0.4, -0.2) is 20.5 Å². The number of hydrogen-bond acceptors (Lipinski definition) is 3. The molecule has 1 aliphatic carbocycles. The standard InChI is InChI=1S/C12H14O3/c1-14-11-5-3-4-9(12(11)15-2)10-6-8(10)7-13/h3-5,7-8,10H,6H2,1-2H3/t8-,10-/m1/s1. The molecule has 0 unspecified atom stereocenters. The highest BCUT2D eigenvalue weighted by Crippen LogP contribution is 2.51. The maximum absolute atomic E-state index is 10.6. The Kier molecular flexibility index (Phi) is 2.62. The Hall–Kier alpha value is -1.51. The number of hydrogen-bond donors (Lipinski definition) is 0. The van der Waals surface area contributed by atoms with Crippen LogP contribution in [0.5, 0.6) is 11.5 Å². The lowest BCUT2D eigenvalue weighted by Crippen LogP contribution is -1.95. The molecule has 2 atom stereocenters.